The zero-order valence-electron chi connectivity index (χ0n) is 14.7. The lowest BCUT2D eigenvalue weighted by Crippen LogP contribution is -2.44. The van der Waals surface area contributed by atoms with Gasteiger partial charge in [-0.2, -0.15) is 0 Å². The highest BCUT2D eigenvalue weighted by Gasteiger charge is 2.31. The molecular weight excluding hydrogens is 310 g/mol. The lowest BCUT2D eigenvalue weighted by molar-refractivity contribution is -0.126. The van der Waals surface area contributed by atoms with Gasteiger partial charge < -0.3 is 10.2 Å². The Kier molecular flexibility index (Phi) is 5.45. The summed E-state index contributed by atoms with van der Waals surface area (Å²) in [4.78, 5) is 31.8. The van der Waals surface area contributed by atoms with E-state index < -0.39 is 0 Å². The van der Waals surface area contributed by atoms with Gasteiger partial charge in [-0.1, -0.05) is 20.8 Å². The molecule has 0 unspecified atom stereocenters. The number of nitrogens with one attached hydrogen (secondary N) is 1. The van der Waals surface area contributed by atoms with Gasteiger partial charge in [-0.25, -0.2) is 4.98 Å². The monoisotopic (exact) mass is 337 g/mol. The Bertz CT molecular complexity index is 567. The maximum absolute atomic E-state index is 12.8. The van der Waals surface area contributed by atoms with Crippen LogP contribution in [-0.2, 0) is 10.2 Å². The Balaban J connectivity index is 1.99. The first-order valence-electron chi connectivity index (χ1n) is 8.23. The average Bonchev–Trinajstić information content (AvgIpc) is 2.95. The number of rotatable bonds is 3. The fraction of sp³-hybridized carbons (Fsp3) is 0.706. The van der Waals surface area contributed by atoms with Crippen molar-refractivity contribution in [2.75, 3.05) is 13.1 Å². The Morgan fingerprint density at radius 3 is 2.43 bits per heavy atom. The summed E-state index contributed by atoms with van der Waals surface area (Å²) in [5.74, 6) is 0.186. The van der Waals surface area contributed by atoms with Gasteiger partial charge in [0.2, 0.25) is 5.91 Å². The molecule has 0 aliphatic carbocycles. The summed E-state index contributed by atoms with van der Waals surface area (Å²) >= 11 is 1.41. The molecule has 0 spiro atoms. The molecule has 128 valence electrons. The van der Waals surface area contributed by atoms with Crippen LogP contribution in [0.2, 0.25) is 0 Å². The molecule has 1 aliphatic rings. The van der Waals surface area contributed by atoms with Gasteiger partial charge in [-0.15, -0.1) is 11.3 Å². The van der Waals surface area contributed by atoms with Gasteiger partial charge in [0.15, 0.2) is 0 Å². The third-order valence-corrected chi connectivity index (χ3v) is 4.87. The molecule has 6 heteroatoms. The number of nitrogens with zero attached hydrogens (tertiary/aromatic N) is 2. The maximum atomic E-state index is 12.8. The molecule has 1 aromatic rings. The van der Waals surface area contributed by atoms with Gasteiger partial charge in [-0.05, 0) is 26.7 Å². The molecule has 1 N–H and O–H groups in total. The van der Waals surface area contributed by atoms with E-state index in [9.17, 15) is 9.59 Å². The summed E-state index contributed by atoms with van der Waals surface area (Å²) in [6.45, 7) is 11.4. The molecular formula is C17H27N3O2S. The molecule has 0 atom stereocenters. The van der Waals surface area contributed by atoms with Gasteiger partial charge in [-0.3, -0.25) is 9.59 Å². The summed E-state index contributed by atoms with van der Waals surface area (Å²) in [6.07, 6.45) is 1.46. The summed E-state index contributed by atoms with van der Waals surface area (Å²) in [5.41, 5.74) is 2.48. The summed E-state index contributed by atoms with van der Waals surface area (Å²) < 4.78 is 0. The van der Waals surface area contributed by atoms with E-state index in [1.165, 1.54) is 11.3 Å². The lowest BCUT2D eigenvalue weighted by Gasteiger charge is -2.32. The molecule has 5 nitrogen and oxygen atoms in total. The Morgan fingerprint density at radius 1 is 1.30 bits per heavy atom. The highest BCUT2D eigenvalue weighted by Crippen LogP contribution is 2.29. The number of amides is 2. The number of thiazole rings is 1. The first kappa shape index (κ1) is 17.9. The minimum Gasteiger partial charge on any atom is -0.354 e. The van der Waals surface area contributed by atoms with Gasteiger partial charge in [0, 0.05) is 30.5 Å². The number of hydrogen-bond acceptors (Lipinski definition) is 4. The highest BCUT2D eigenvalue weighted by molar-refractivity contribution is 7.11. The van der Waals surface area contributed by atoms with Gasteiger partial charge in [0.25, 0.3) is 5.91 Å². The van der Waals surface area contributed by atoms with Crippen molar-refractivity contribution in [2.24, 2.45) is 5.92 Å². The predicted octanol–water partition coefficient (Wildman–Crippen LogP) is 2.82. The van der Waals surface area contributed by atoms with E-state index in [-0.39, 0.29) is 29.2 Å². The number of piperidine rings is 1. The van der Waals surface area contributed by atoms with Crippen molar-refractivity contribution in [3.05, 3.63) is 16.1 Å². The van der Waals surface area contributed by atoms with Crippen LogP contribution in [0.5, 0.6) is 0 Å². The predicted molar refractivity (Wildman–Crippen MR) is 92.7 cm³/mol. The largest absolute Gasteiger partial charge is 0.354 e. The fourth-order valence-corrected chi connectivity index (χ4v) is 3.79. The normalized spacial score (nSPS) is 16.7. The van der Waals surface area contributed by atoms with Gasteiger partial charge in [0.05, 0.1) is 11.2 Å². The number of carbonyl (C=O) groups is 2. The standard InChI is InChI=1S/C17H27N3O2S/c1-11(2)19-15(21)12-6-8-20(9-7-12)16(22)13-14(17(3,4)5)18-10-23-13/h10-12H,6-9H2,1-5H3,(H,19,21). The second-order valence-corrected chi connectivity index (χ2v) is 8.36. The van der Waals surface area contributed by atoms with E-state index >= 15 is 0 Å². The van der Waals surface area contributed by atoms with Crippen LogP contribution in [0.1, 0.15) is 62.8 Å². The van der Waals surface area contributed by atoms with Crippen LogP contribution in [0.15, 0.2) is 5.51 Å². The molecule has 0 saturated carbocycles. The summed E-state index contributed by atoms with van der Waals surface area (Å²) in [5, 5.41) is 2.96. The van der Waals surface area contributed by atoms with E-state index in [4.69, 9.17) is 0 Å². The average molecular weight is 337 g/mol. The molecule has 23 heavy (non-hydrogen) atoms. The van der Waals surface area contributed by atoms with Crippen molar-refractivity contribution in [1.29, 1.82) is 0 Å². The Labute approximate surface area is 142 Å². The molecule has 1 aromatic heterocycles. The number of hydrogen-bond donors (Lipinski definition) is 1. The van der Waals surface area contributed by atoms with Gasteiger partial charge in [0.1, 0.15) is 4.88 Å². The first-order chi connectivity index (χ1) is 10.7. The minimum atomic E-state index is -0.138. The first-order valence-corrected chi connectivity index (χ1v) is 9.11. The second-order valence-electron chi connectivity index (χ2n) is 7.51. The maximum Gasteiger partial charge on any atom is 0.265 e. The molecule has 0 radical (unpaired) electrons. The molecule has 0 aromatic carbocycles. The van der Waals surface area contributed by atoms with Crippen molar-refractivity contribution >= 4 is 23.2 Å². The fourth-order valence-electron chi connectivity index (χ4n) is 2.82. The van der Waals surface area contributed by atoms with Crippen molar-refractivity contribution in [1.82, 2.24) is 15.2 Å². The molecule has 1 fully saturated rings. The van der Waals surface area contributed by atoms with Crippen molar-refractivity contribution in [3.8, 4) is 0 Å². The number of aromatic nitrogens is 1. The minimum absolute atomic E-state index is 0.0185. The van der Waals surface area contributed by atoms with Crippen molar-refractivity contribution in [3.63, 3.8) is 0 Å². The van der Waals surface area contributed by atoms with E-state index in [2.05, 4.69) is 31.1 Å². The molecule has 2 heterocycles. The summed E-state index contributed by atoms with van der Waals surface area (Å²) in [6, 6.07) is 0.161. The Hall–Kier alpha value is -1.43. The summed E-state index contributed by atoms with van der Waals surface area (Å²) in [7, 11) is 0. The zero-order chi connectivity index (χ0) is 17.2. The smallest absolute Gasteiger partial charge is 0.265 e. The van der Waals surface area contributed by atoms with Crippen molar-refractivity contribution < 1.29 is 9.59 Å². The van der Waals surface area contributed by atoms with Crippen LogP contribution in [-0.4, -0.2) is 40.8 Å². The van der Waals surface area contributed by atoms with Crippen LogP contribution in [0, 0.1) is 5.92 Å². The van der Waals surface area contributed by atoms with E-state index in [0.717, 1.165) is 23.4 Å². The SMILES string of the molecule is CC(C)NC(=O)C1CCN(C(=O)c2scnc2C(C)(C)C)CC1. The van der Waals surface area contributed by atoms with E-state index in [0.29, 0.717) is 13.1 Å². The third kappa shape index (κ3) is 4.31. The lowest BCUT2D eigenvalue weighted by atomic mass is 9.90. The van der Waals surface area contributed by atoms with E-state index in [1.54, 1.807) is 5.51 Å². The molecule has 1 saturated heterocycles. The third-order valence-electron chi connectivity index (χ3n) is 4.06. The number of likely N-dealkylation sites (tertiary alicyclic amines) is 1. The quantitative estimate of drug-likeness (QED) is 0.922. The molecule has 2 amide bonds. The van der Waals surface area contributed by atoms with Crippen LogP contribution >= 0.6 is 11.3 Å². The van der Waals surface area contributed by atoms with Crippen molar-refractivity contribution in [2.45, 2.75) is 58.9 Å². The molecule has 1 aliphatic heterocycles. The zero-order valence-corrected chi connectivity index (χ0v) is 15.5. The van der Waals surface area contributed by atoms with E-state index in [1.807, 2.05) is 18.7 Å². The highest BCUT2D eigenvalue weighted by atomic mass is 32.1. The Morgan fingerprint density at radius 2 is 1.91 bits per heavy atom. The molecule has 0 bridgehead atoms. The second kappa shape index (κ2) is 6.99. The van der Waals surface area contributed by atoms with Crippen LogP contribution < -0.4 is 5.32 Å². The molecule has 2 rings (SSSR count). The van der Waals surface area contributed by atoms with Gasteiger partial charge >= 0.3 is 0 Å². The van der Waals surface area contributed by atoms with Crippen LogP contribution in [0.25, 0.3) is 0 Å². The van der Waals surface area contributed by atoms with Crippen LogP contribution in [0.4, 0.5) is 0 Å². The topological polar surface area (TPSA) is 62.3 Å². The number of carbonyl (C=O) groups excluding carboxylic acids is 2. The van der Waals surface area contributed by atoms with Crippen LogP contribution in [0.3, 0.4) is 0 Å².